The number of piperazine rings is 1. The number of nitrogens with one attached hydrogen (secondary N) is 1. The minimum atomic E-state index is -0.956. The number of anilines is 3. The summed E-state index contributed by atoms with van der Waals surface area (Å²) in [6.45, 7) is 11.7. The fourth-order valence-corrected chi connectivity index (χ4v) is 12.8. The van der Waals surface area contributed by atoms with Gasteiger partial charge in [0.05, 0.1) is 51.8 Å². The zero-order chi connectivity index (χ0) is 54.2. The number of phenolic OH excluding ortho intramolecular Hbond substituents is 1. The van der Waals surface area contributed by atoms with Crippen molar-refractivity contribution in [2.45, 2.75) is 127 Å². The summed E-state index contributed by atoms with van der Waals surface area (Å²) in [6.07, 6.45) is 6.94. The van der Waals surface area contributed by atoms with Gasteiger partial charge in [-0.3, -0.25) is 14.5 Å². The van der Waals surface area contributed by atoms with Gasteiger partial charge in [-0.1, -0.05) is 38.1 Å². The van der Waals surface area contributed by atoms with Gasteiger partial charge >= 0.3 is 0 Å². The zero-order valence-electron chi connectivity index (χ0n) is 44.4. The number of amides is 2. The number of benzene rings is 2. The fourth-order valence-electron chi connectivity index (χ4n) is 12.0. The second-order valence-electron chi connectivity index (χ2n) is 21.8. The lowest BCUT2D eigenvalue weighted by Crippen LogP contribution is -2.54. The molecule has 8 heterocycles. The Hall–Kier alpha value is -6.94. The SMILES string of the molecule is Cc1ncsc1-c1ccc([C@H](C)NC(=O)[C@@H]2C[C@@H](O)CN2C(=O)[C@H](c2cc(OCCN3CCC(OC4CC(Oc5cc(N6C7CC[C@@H]6CN(c6cc(-c8ccccc8O)nnc6N)C7)ccn5)C4)CC3)no2)C(C)C)c(F)c1. The van der Waals surface area contributed by atoms with Crippen LogP contribution in [0.5, 0.6) is 17.5 Å². The van der Waals surface area contributed by atoms with Crippen LogP contribution in [0, 0.1) is 18.7 Å². The molecular weight excluding hydrogens is 1020 g/mol. The highest BCUT2D eigenvalue weighted by atomic mass is 32.1. The van der Waals surface area contributed by atoms with Crippen LogP contribution >= 0.6 is 11.3 Å². The number of aryl methyl sites for hydroxylation is 1. The first-order valence-corrected chi connectivity index (χ1v) is 28.1. The number of rotatable bonds is 18. The number of nitrogens with zero attached hydrogens (tertiary/aromatic N) is 9. The third-order valence-electron chi connectivity index (χ3n) is 16.2. The molecule has 4 aliphatic heterocycles. The molecule has 1 unspecified atom stereocenters. The van der Waals surface area contributed by atoms with Crippen molar-refractivity contribution in [1.29, 1.82) is 0 Å². The standard InChI is InChI=1S/C57H68FN11O8S/c1-32(2)53(57(73)68-30-39(70)23-48(68)56(72)62-33(3)43-12-9-35(21-45(43)58)54-34(4)61-31-78-54)50-27-52(65-77-50)74-20-19-66-17-14-40(15-18-66)75-41-24-42(25-41)76-51-22-36(13-16-60-51)69-37-10-11-38(69)29-67(28-37)47-26-46(63-64-55(47)59)44-7-5-6-8-49(44)71/h5-9,12-13,16,21-22,26-27,31-33,37-42,48,53,70-71H,10-11,14-15,17-20,23-25,28-30H2,1-4H3,(H2,59,64)(H,62,72)/t33-,37+,38?,39+,41?,42?,48-,53-/m0/s1. The highest BCUT2D eigenvalue weighted by Crippen LogP contribution is 2.41. The van der Waals surface area contributed by atoms with E-state index in [0.29, 0.717) is 53.0 Å². The van der Waals surface area contributed by atoms with Crippen LogP contribution in [0.15, 0.2) is 83.0 Å². The number of carbonyl (C=O) groups excluding carboxylic acids is 2. The molecule has 4 aromatic heterocycles. The van der Waals surface area contributed by atoms with Crippen molar-refractivity contribution >= 4 is 40.3 Å². The number of ether oxygens (including phenoxy) is 3. The van der Waals surface area contributed by atoms with E-state index in [2.05, 4.69) is 57.5 Å². The highest BCUT2D eigenvalue weighted by molar-refractivity contribution is 7.13. The number of pyridine rings is 1. The van der Waals surface area contributed by atoms with Gasteiger partial charge < -0.3 is 54.7 Å². The number of aromatic hydroxyl groups is 1. The molecule has 21 heteroatoms. The number of likely N-dealkylation sites (tertiary alicyclic amines) is 2. The van der Waals surface area contributed by atoms with Gasteiger partial charge in [-0.2, -0.15) is 0 Å². The van der Waals surface area contributed by atoms with Gasteiger partial charge in [0.2, 0.25) is 17.7 Å². The Morgan fingerprint density at radius 3 is 2.42 bits per heavy atom. The minimum Gasteiger partial charge on any atom is -0.507 e. The number of nitrogen functional groups attached to an aromatic ring is 1. The van der Waals surface area contributed by atoms with E-state index in [1.807, 2.05) is 51.2 Å². The second-order valence-corrected chi connectivity index (χ2v) is 22.7. The molecular formula is C57H68FN11O8S. The molecule has 2 aromatic carbocycles. The first-order chi connectivity index (χ1) is 37.7. The average molecular weight is 1090 g/mol. The number of hydrogen-bond acceptors (Lipinski definition) is 18. The van der Waals surface area contributed by atoms with E-state index in [0.717, 1.165) is 86.6 Å². The normalized spacial score (nSPS) is 23.3. The molecule has 4 saturated heterocycles. The van der Waals surface area contributed by atoms with Crippen LogP contribution in [0.25, 0.3) is 21.7 Å². The molecule has 0 spiro atoms. The van der Waals surface area contributed by atoms with Crippen LogP contribution in [-0.2, 0) is 14.3 Å². The summed E-state index contributed by atoms with van der Waals surface area (Å²) in [5.74, 6) is -0.573. The van der Waals surface area contributed by atoms with E-state index in [4.69, 9.17) is 24.5 Å². The molecule has 0 radical (unpaired) electrons. The predicted octanol–water partition coefficient (Wildman–Crippen LogP) is 7.29. The highest BCUT2D eigenvalue weighted by Gasteiger charge is 2.45. The number of aromatic nitrogens is 5. The maximum absolute atomic E-state index is 15.4. The number of hydrogen-bond donors (Lipinski definition) is 4. The number of piperidine rings is 1. The molecule has 2 bridgehead atoms. The Balaban J connectivity index is 0.604. The molecule has 6 atom stereocenters. The molecule has 1 aliphatic carbocycles. The van der Waals surface area contributed by atoms with E-state index < -0.39 is 35.8 Å². The van der Waals surface area contributed by atoms with Gasteiger partial charge in [0.25, 0.3) is 5.88 Å². The number of nitrogens with two attached hydrogens (primary N) is 1. The van der Waals surface area contributed by atoms with E-state index >= 15 is 4.39 Å². The summed E-state index contributed by atoms with van der Waals surface area (Å²) in [5.41, 5.74) is 13.1. The molecule has 5 fully saturated rings. The first kappa shape index (κ1) is 53.1. The van der Waals surface area contributed by atoms with Crippen molar-refractivity contribution in [3.05, 3.63) is 101 Å². The number of fused-ring (bicyclic) bond motifs is 2. The lowest BCUT2D eigenvalue weighted by Gasteiger charge is -2.43. The molecule has 1 saturated carbocycles. The molecule has 6 aromatic rings. The summed E-state index contributed by atoms with van der Waals surface area (Å²) < 4.78 is 40.1. The van der Waals surface area contributed by atoms with Crippen LogP contribution < -0.4 is 30.3 Å². The van der Waals surface area contributed by atoms with Crippen molar-refractivity contribution in [1.82, 2.24) is 40.4 Å². The van der Waals surface area contributed by atoms with Gasteiger partial charge in [0.15, 0.2) is 11.6 Å². The topological polar surface area (TPSA) is 231 Å². The van der Waals surface area contributed by atoms with E-state index in [1.165, 1.54) is 22.3 Å². The van der Waals surface area contributed by atoms with Gasteiger partial charge in [-0.05, 0) is 86.5 Å². The van der Waals surface area contributed by atoms with Gasteiger partial charge in [-0.15, -0.1) is 21.5 Å². The van der Waals surface area contributed by atoms with Gasteiger partial charge in [-0.25, -0.2) is 14.4 Å². The third-order valence-corrected chi connectivity index (χ3v) is 17.2. The average Bonchev–Trinajstić information content (AvgIpc) is 4.28. The molecule has 5 N–H and O–H groups in total. The van der Waals surface area contributed by atoms with Gasteiger partial charge in [0.1, 0.15) is 36.2 Å². The summed E-state index contributed by atoms with van der Waals surface area (Å²) in [7, 11) is 0. The van der Waals surface area contributed by atoms with Crippen LogP contribution in [0.2, 0.25) is 0 Å². The molecule has 11 rings (SSSR count). The summed E-state index contributed by atoms with van der Waals surface area (Å²) in [6, 6.07) is 18.6. The monoisotopic (exact) mass is 1090 g/mol. The molecule has 19 nitrogen and oxygen atoms in total. The zero-order valence-corrected chi connectivity index (χ0v) is 45.2. The molecule has 412 valence electrons. The number of para-hydroxylation sites is 1. The van der Waals surface area contributed by atoms with E-state index in [1.54, 1.807) is 36.7 Å². The quantitative estimate of drug-likeness (QED) is 0.0662. The Morgan fingerprint density at radius 2 is 1.69 bits per heavy atom. The van der Waals surface area contributed by atoms with Crippen LogP contribution in [0.3, 0.4) is 0 Å². The van der Waals surface area contributed by atoms with E-state index in [9.17, 15) is 19.8 Å². The van der Waals surface area contributed by atoms with Crippen LogP contribution in [0.1, 0.15) is 94.7 Å². The second kappa shape index (κ2) is 22.8. The van der Waals surface area contributed by atoms with Gasteiger partial charge in [0, 0.05) is 106 Å². The van der Waals surface area contributed by atoms with Crippen molar-refractivity contribution in [2.75, 3.05) is 61.4 Å². The summed E-state index contributed by atoms with van der Waals surface area (Å²) in [5, 5.41) is 36.7. The predicted molar refractivity (Wildman–Crippen MR) is 292 cm³/mol. The lowest BCUT2D eigenvalue weighted by atomic mass is 9.91. The Labute approximate surface area is 456 Å². The molecule has 2 amide bonds. The van der Waals surface area contributed by atoms with Crippen molar-refractivity contribution in [3.8, 4) is 39.2 Å². The maximum Gasteiger partial charge on any atom is 0.254 e. The summed E-state index contributed by atoms with van der Waals surface area (Å²) >= 11 is 1.43. The third kappa shape index (κ3) is 11.3. The van der Waals surface area contributed by atoms with Crippen molar-refractivity contribution in [3.63, 3.8) is 0 Å². The number of halogens is 1. The first-order valence-electron chi connectivity index (χ1n) is 27.3. The molecule has 5 aliphatic rings. The molecule has 78 heavy (non-hydrogen) atoms. The van der Waals surface area contributed by atoms with Crippen molar-refractivity contribution in [2.24, 2.45) is 5.92 Å². The number of β-amino-alcohol motifs (C(OH)–C–C–N with tert-alkyl or cyclic N) is 1. The number of phenols is 1. The maximum atomic E-state index is 15.4. The minimum absolute atomic E-state index is 0.0222. The Kier molecular flexibility index (Phi) is 15.5. The van der Waals surface area contributed by atoms with Crippen LogP contribution in [0.4, 0.5) is 21.6 Å². The number of thiazole rings is 1. The Bertz CT molecular complexity index is 3080. The largest absolute Gasteiger partial charge is 0.507 e. The lowest BCUT2D eigenvalue weighted by molar-refractivity contribution is -0.141. The fraction of sp³-hybridized carbons (Fsp3) is 0.491. The van der Waals surface area contributed by atoms with Crippen LogP contribution in [-0.4, -0.2) is 146 Å². The number of aliphatic hydroxyl groups is 1. The van der Waals surface area contributed by atoms with Crippen molar-refractivity contribution < 1.29 is 42.9 Å². The Morgan fingerprint density at radius 1 is 0.910 bits per heavy atom. The smallest absolute Gasteiger partial charge is 0.254 e. The number of carbonyl (C=O) groups is 2. The van der Waals surface area contributed by atoms with E-state index in [-0.39, 0.29) is 66.8 Å². The summed E-state index contributed by atoms with van der Waals surface area (Å²) in [4.78, 5) is 46.3. The number of aliphatic hydroxyl groups excluding tert-OH is 1.